The van der Waals surface area contributed by atoms with Crippen LogP contribution >= 0.6 is 0 Å². The van der Waals surface area contributed by atoms with Crippen LogP contribution < -0.4 is 10.6 Å². The number of urea groups is 1. The Morgan fingerprint density at radius 1 is 1.59 bits per heavy atom. The number of carbonyl (C=O) groups is 3. The van der Waals surface area contributed by atoms with Gasteiger partial charge in [-0.05, 0) is 6.42 Å². The number of halogens is 1. The lowest BCUT2D eigenvalue weighted by atomic mass is 10.0. The summed E-state index contributed by atoms with van der Waals surface area (Å²) < 4.78 is 18.5. The Hall–Kier alpha value is -1.70. The standard InChI is InChI=1S/C9H13FN2O5/c1-2-3-4-17-7(15)9(10)5(13)11-8(16)12-6(9)14/h5,13H,2-4H2,1H3,(H2,11,12,14,16). The van der Waals surface area contributed by atoms with Crippen LogP contribution in [0.25, 0.3) is 0 Å². The fourth-order valence-electron chi connectivity index (χ4n) is 1.20. The van der Waals surface area contributed by atoms with Crippen molar-refractivity contribution in [3.05, 3.63) is 0 Å². The normalized spacial score (nSPS) is 28.3. The number of alkyl halides is 1. The first-order valence-electron chi connectivity index (χ1n) is 5.09. The highest BCUT2D eigenvalue weighted by molar-refractivity contribution is 6.13. The van der Waals surface area contributed by atoms with Crippen LogP contribution in [-0.2, 0) is 14.3 Å². The van der Waals surface area contributed by atoms with Crippen LogP contribution in [0.15, 0.2) is 0 Å². The second kappa shape index (κ2) is 5.09. The number of hydrogen-bond acceptors (Lipinski definition) is 5. The van der Waals surface area contributed by atoms with E-state index in [0.29, 0.717) is 6.42 Å². The summed E-state index contributed by atoms with van der Waals surface area (Å²) in [4.78, 5) is 33.3. The van der Waals surface area contributed by atoms with Crippen molar-refractivity contribution in [3.8, 4) is 0 Å². The van der Waals surface area contributed by atoms with Gasteiger partial charge < -0.3 is 15.2 Å². The Bertz CT molecular complexity index is 348. The minimum Gasteiger partial charge on any atom is -0.463 e. The number of rotatable bonds is 4. The molecule has 3 N–H and O–H groups in total. The van der Waals surface area contributed by atoms with Crippen molar-refractivity contribution < 1.29 is 28.6 Å². The molecule has 0 saturated carbocycles. The number of aliphatic hydroxyl groups is 1. The Labute approximate surface area is 96.3 Å². The smallest absolute Gasteiger partial charge is 0.358 e. The molecule has 8 heteroatoms. The van der Waals surface area contributed by atoms with Gasteiger partial charge in [0.05, 0.1) is 6.61 Å². The number of ether oxygens (including phenoxy) is 1. The maximum absolute atomic E-state index is 14.0. The van der Waals surface area contributed by atoms with E-state index in [9.17, 15) is 23.9 Å². The van der Waals surface area contributed by atoms with E-state index in [-0.39, 0.29) is 6.61 Å². The minimum atomic E-state index is -3.30. The molecule has 0 aromatic rings. The molecule has 1 heterocycles. The van der Waals surface area contributed by atoms with Crippen molar-refractivity contribution in [2.24, 2.45) is 0 Å². The molecule has 3 amide bonds. The molecule has 0 aromatic carbocycles. The van der Waals surface area contributed by atoms with Gasteiger partial charge in [-0.15, -0.1) is 0 Å². The zero-order chi connectivity index (χ0) is 13.1. The van der Waals surface area contributed by atoms with E-state index in [2.05, 4.69) is 4.74 Å². The highest BCUT2D eigenvalue weighted by Gasteiger charge is 2.58. The van der Waals surface area contributed by atoms with Gasteiger partial charge in [-0.3, -0.25) is 10.1 Å². The molecule has 1 aliphatic heterocycles. The second-order valence-electron chi connectivity index (χ2n) is 3.53. The molecular formula is C9H13FN2O5. The van der Waals surface area contributed by atoms with E-state index in [1.165, 1.54) is 0 Å². The molecule has 1 aliphatic rings. The largest absolute Gasteiger partial charge is 0.463 e. The monoisotopic (exact) mass is 248 g/mol. The number of nitrogens with one attached hydrogen (secondary N) is 2. The summed E-state index contributed by atoms with van der Waals surface area (Å²) in [5.74, 6) is -3.05. The van der Waals surface area contributed by atoms with E-state index in [4.69, 9.17) is 0 Å². The van der Waals surface area contributed by atoms with E-state index >= 15 is 0 Å². The Kier molecular flexibility index (Phi) is 4.00. The summed E-state index contributed by atoms with van der Waals surface area (Å²) in [5, 5.41) is 12.5. The molecule has 1 saturated heterocycles. The zero-order valence-corrected chi connectivity index (χ0v) is 9.16. The van der Waals surface area contributed by atoms with E-state index in [1.54, 1.807) is 10.6 Å². The van der Waals surface area contributed by atoms with Crippen molar-refractivity contribution in [1.82, 2.24) is 10.6 Å². The summed E-state index contributed by atoms with van der Waals surface area (Å²) in [7, 11) is 0. The lowest BCUT2D eigenvalue weighted by Crippen LogP contribution is -2.70. The van der Waals surface area contributed by atoms with E-state index < -0.39 is 29.8 Å². The summed E-state index contributed by atoms with van der Waals surface area (Å²) >= 11 is 0. The first kappa shape index (κ1) is 13.4. The molecule has 7 nitrogen and oxygen atoms in total. The van der Waals surface area contributed by atoms with Crippen LogP contribution in [-0.4, -0.2) is 41.5 Å². The molecule has 0 radical (unpaired) electrons. The summed E-state index contributed by atoms with van der Waals surface area (Å²) in [6.45, 7) is 1.77. The first-order chi connectivity index (χ1) is 7.92. The van der Waals surface area contributed by atoms with Crippen molar-refractivity contribution in [2.45, 2.75) is 31.7 Å². The average molecular weight is 248 g/mol. The van der Waals surface area contributed by atoms with Gasteiger partial charge in [0.2, 0.25) is 0 Å². The van der Waals surface area contributed by atoms with Crippen LogP contribution in [0.5, 0.6) is 0 Å². The predicted molar refractivity (Wildman–Crippen MR) is 52.4 cm³/mol. The Balaban J connectivity index is 2.74. The van der Waals surface area contributed by atoms with Gasteiger partial charge >= 0.3 is 17.7 Å². The van der Waals surface area contributed by atoms with Crippen molar-refractivity contribution in [1.29, 1.82) is 0 Å². The van der Waals surface area contributed by atoms with Gasteiger partial charge in [-0.1, -0.05) is 13.3 Å². The molecule has 2 atom stereocenters. The zero-order valence-electron chi connectivity index (χ0n) is 9.16. The van der Waals surface area contributed by atoms with Gasteiger partial charge in [0.25, 0.3) is 5.91 Å². The highest BCUT2D eigenvalue weighted by Crippen LogP contribution is 2.20. The number of amides is 3. The van der Waals surface area contributed by atoms with E-state index in [0.717, 1.165) is 6.42 Å². The van der Waals surface area contributed by atoms with Gasteiger partial charge in [-0.2, -0.15) is 0 Å². The van der Waals surface area contributed by atoms with Crippen LogP contribution in [0.2, 0.25) is 0 Å². The van der Waals surface area contributed by atoms with Crippen LogP contribution in [0.3, 0.4) is 0 Å². The number of carbonyl (C=O) groups excluding carboxylic acids is 3. The molecule has 0 bridgehead atoms. The molecule has 0 aliphatic carbocycles. The molecular weight excluding hydrogens is 235 g/mol. The third-order valence-corrected chi connectivity index (χ3v) is 2.23. The third kappa shape index (κ3) is 2.52. The van der Waals surface area contributed by atoms with Crippen LogP contribution in [0, 0.1) is 0 Å². The summed E-state index contributed by atoms with van der Waals surface area (Å²) in [6.07, 6.45) is -1.03. The number of imide groups is 1. The molecule has 1 rings (SSSR count). The lowest BCUT2D eigenvalue weighted by Gasteiger charge is -2.31. The molecule has 96 valence electrons. The van der Waals surface area contributed by atoms with Crippen LogP contribution in [0.4, 0.5) is 9.18 Å². The van der Waals surface area contributed by atoms with Crippen molar-refractivity contribution in [3.63, 3.8) is 0 Å². The summed E-state index contributed by atoms with van der Waals surface area (Å²) in [5.41, 5.74) is -3.30. The third-order valence-electron chi connectivity index (χ3n) is 2.23. The minimum absolute atomic E-state index is 0.0606. The maximum Gasteiger partial charge on any atom is 0.358 e. The number of esters is 1. The lowest BCUT2D eigenvalue weighted by molar-refractivity contribution is -0.174. The fraction of sp³-hybridized carbons (Fsp3) is 0.667. The first-order valence-corrected chi connectivity index (χ1v) is 5.09. The second-order valence-corrected chi connectivity index (χ2v) is 3.53. The quantitative estimate of drug-likeness (QED) is 0.343. The van der Waals surface area contributed by atoms with Crippen LogP contribution in [0.1, 0.15) is 19.8 Å². The predicted octanol–water partition coefficient (Wildman–Crippen LogP) is -0.804. The summed E-state index contributed by atoms with van der Waals surface area (Å²) in [6, 6.07) is -1.07. The number of unbranched alkanes of at least 4 members (excludes halogenated alkanes) is 1. The highest BCUT2D eigenvalue weighted by atomic mass is 19.1. The Morgan fingerprint density at radius 3 is 2.76 bits per heavy atom. The average Bonchev–Trinajstić information content (AvgIpc) is 2.25. The van der Waals surface area contributed by atoms with Gasteiger partial charge in [-0.25, -0.2) is 14.0 Å². The molecule has 2 unspecified atom stereocenters. The van der Waals surface area contributed by atoms with Gasteiger partial charge in [0.1, 0.15) is 0 Å². The SMILES string of the molecule is CCCCOC(=O)C1(F)C(=O)NC(=O)NC1O. The fourth-order valence-corrected chi connectivity index (χ4v) is 1.20. The number of aliphatic hydroxyl groups excluding tert-OH is 1. The van der Waals surface area contributed by atoms with Gasteiger partial charge in [0.15, 0.2) is 6.23 Å². The molecule has 1 fully saturated rings. The molecule has 17 heavy (non-hydrogen) atoms. The van der Waals surface area contributed by atoms with Crippen molar-refractivity contribution in [2.75, 3.05) is 6.61 Å². The number of hydrogen-bond donors (Lipinski definition) is 3. The topological polar surface area (TPSA) is 105 Å². The molecule has 0 aromatic heterocycles. The Morgan fingerprint density at radius 2 is 2.24 bits per heavy atom. The maximum atomic E-state index is 14.0. The van der Waals surface area contributed by atoms with Crippen molar-refractivity contribution >= 4 is 17.9 Å². The van der Waals surface area contributed by atoms with Gasteiger partial charge in [0, 0.05) is 0 Å². The van der Waals surface area contributed by atoms with E-state index in [1.807, 2.05) is 6.92 Å². The molecule has 0 spiro atoms.